The van der Waals surface area contributed by atoms with E-state index in [0.717, 1.165) is 6.42 Å². The molecule has 0 bridgehead atoms. The van der Waals surface area contributed by atoms with Crippen LogP contribution in [0.15, 0.2) is 0 Å². The van der Waals surface area contributed by atoms with E-state index in [1.165, 1.54) is 0 Å². The summed E-state index contributed by atoms with van der Waals surface area (Å²) in [5.74, 6) is -1.00. The van der Waals surface area contributed by atoms with Gasteiger partial charge in [-0.1, -0.05) is 6.92 Å². The summed E-state index contributed by atoms with van der Waals surface area (Å²) in [6.45, 7) is 2.20. The second kappa shape index (κ2) is 5.20. The molecule has 0 radical (unpaired) electrons. The van der Waals surface area contributed by atoms with Crippen LogP contribution in [0.4, 0.5) is 0 Å². The molecule has 0 rings (SSSR count). The zero-order chi connectivity index (χ0) is 7.98. The van der Waals surface area contributed by atoms with Crippen LogP contribution in [0.1, 0.15) is 13.3 Å². The molecule has 0 aliphatic heterocycles. The van der Waals surface area contributed by atoms with Crippen molar-refractivity contribution in [3.05, 3.63) is 0 Å². The molecule has 0 aliphatic rings. The van der Waals surface area contributed by atoms with E-state index in [4.69, 9.17) is 10.2 Å². The van der Waals surface area contributed by atoms with Crippen LogP contribution in [-0.2, 0) is 4.79 Å². The summed E-state index contributed by atoms with van der Waals surface area (Å²) in [4.78, 5) is 10.2. The van der Waals surface area contributed by atoms with Crippen molar-refractivity contribution in [1.29, 1.82) is 0 Å². The van der Waals surface area contributed by atoms with Gasteiger partial charge in [-0.2, -0.15) is 0 Å². The van der Waals surface area contributed by atoms with Crippen LogP contribution in [0.25, 0.3) is 0 Å². The Balaban J connectivity index is 3.50. The first-order valence-corrected chi connectivity index (χ1v) is 3.29. The van der Waals surface area contributed by atoms with Crippen LogP contribution in [0.2, 0.25) is 0 Å². The number of hydrogen-bond acceptors (Lipinski definition) is 3. The molecule has 0 aromatic rings. The first kappa shape index (κ1) is 9.39. The molecule has 60 valence electrons. The number of hydrogen-bond donors (Lipinski definition) is 3. The van der Waals surface area contributed by atoms with E-state index >= 15 is 0 Å². The molecule has 0 saturated carbocycles. The molecule has 0 aromatic carbocycles. The number of carbonyl (C=O) groups is 1. The van der Waals surface area contributed by atoms with Crippen molar-refractivity contribution >= 4 is 5.97 Å². The van der Waals surface area contributed by atoms with Gasteiger partial charge in [-0.05, 0) is 13.0 Å². The maximum atomic E-state index is 10.2. The summed E-state index contributed by atoms with van der Waals surface area (Å²) in [6, 6.07) is -0.806. The SMILES string of the molecule is CCCNC(CO)C(=O)O. The van der Waals surface area contributed by atoms with Gasteiger partial charge in [0.2, 0.25) is 0 Å². The molecule has 0 amide bonds. The Bertz CT molecular complexity index is 105. The fourth-order valence-corrected chi connectivity index (χ4v) is 0.549. The van der Waals surface area contributed by atoms with Gasteiger partial charge in [0.15, 0.2) is 0 Å². The molecule has 1 atom stereocenters. The number of aliphatic carboxylic acids is 1. The topological polar surface area (TPSA) is 69.6 Å². The normalized spacial score (nSPS) is 13.0. The lowest BCUT2D eigenvalue weighted by atomic mass is 10.3. The van der Waals surface area contributed by atoms with Gasteiger partial charge in [-0.15, -0.1) is 0 Å². The van der Waals surface area contributed by atoms with E-state index in [-0.39, 0.29) is 6.61 Å². The van der Waals surface area contributed by atoms with Crippen LogP contribution < -0.4 is 5.32 Å². The number of rotatable bonds is 5. The quantitative estimate of drug-likeness (QED) is 0.487. The molecule has 4 nitrogen and oxygen atoms in total. The van der Waals surface area contributed by atoms with Gasteiger partial charge < -0.3 is 15.5 Å². The fourth-order valence-electron chi connectivity index (χ4n) is 0.549. The summed E-state index contributed by atoms with van der Waals surface area (Å²) in [6.07, 6.45) is 0.865. The number of nitrogens with one attached hydrogen (secondary N) is 1. The van der Waals surface area contributed by atoms with Crippen molar-refractivity contribution in [2.24, 2.45) is 0 Å². The Labute approximate surface area is 59.9 Å². The second-order valence-corrected chi connectivity index (χ2v) is 2.03. The molecule has 0 aliphatic carbocycles. The van der Waals surface area contributed by atoms with E-state index in [0.29, 0.717) is 6.54 Å². The predicted molar refractivity (Wildman–Crippen MR) is 36.8 cm³/mol. The van der Waals surface area contributed by atoms with Gasteiger partial charge in [0.25, 0.3) is 0 Å². The first-order chi connectivity index (χ1) is 4.72. The monoisotopic (exact) mass is 147 g/mol. The third-order valence-electron chi connectivity index (χ3n) is 1.12. The van der Waals surface area contributed by atoms with Crippen LogP contribution in [-0.4, -0.2) is 35.4 Å². The summed E-state index contributed by atoms with van der Waals surface area (Å²) in [5.41, 5.74) is 0. The average molecular weight is 147 g/mol. The number of carboxylic acids is 1. The Morgan fingerprint density at radius 3 is 2.60 bits per heavy atom. The number of carboxylic acid groups (broad SMARTS) is 1. The molecule has 0 spiro atoms. The smallest absolute Gasteiger partial charge is 0.323 e. The fraction of sp³-hybridized carbons (Fsp3) is 0.833. The molecule has 4 heteroatoms. The van der Waals surface area contributed by atoms with Crippen LogP contribution >= 0.6 is 0 Å². The van der Waals surface area contributed by atoms with E-state index in [1.54, 1.807) is 0 Å². The van der Waals surface area contributed by atoms with E-state index < -0.39 is 12.0 Å². The molecule has 0 fully saturated rings. The van der Waals surface area contributed by atoms with E-state index in [9.17, 15) is 4.79 Å². The molecule has 0 saturated heterocycles. The standard InChI is InChI=1S/C6H13NO3/c1-2-3-7-5(4-8)6(9)10/h5,7-8H,2-4H2,1H3,(H,9,10). The minimum absolute atomic E-state index is 0.352. The number of aliphatic hydroxyl groups is 1. The van der Waals surface area contributed by atoms with Gasteiger partial charge in [0.05, 0.1) is 6.61 Å². The Morgan fingerprint density at radius 2 is 2.30 bits per heavy atom. The second-order valence-electron chi connectivity index (χ2n) is 2.03. The zero-order valence-corrected chi connectivity index (χ0v) is 6.00. The van der Waals surface area contributed by atoms with E-state index in [1.807, 2.05) is 6.92 Å². The van der Waals surface area contributed by atoms with Crippen LogP contribution in [0.3, 0.4) is 0 Å². The van der Waals surface area contributed by atoms with Gasteiger partial charge in [-0.25, -0.2) is 0 Å². The van der Waals surface area contributed by atoms with Crippen molar-refractivity contribution in [1.82, 2.24) is 5.32 Å². The summed E-state index contributed by atoms with van der Waals surface area (Å²) >= 11 is 0. The van der Waals surface area contributed by atoms with Crippen LogP contribution in [0.5, 0.6) is 0 Å². The molecule has 0 heterocycles. The summed E-state index contributed by atoms with van der Waals surface area (Å²) in [7, 11) is 0. The summed E-state index contributed by atoms with van der Waals surface area (Å²) < 4.78 is 0. The van der Waals surface area contributed by atoms with Gasteiger partial charge >= 0.3 is 5.97 Å². The minimum atomic E-state index is -1.00. The van der Waals surface area contributed by atoms with Crippen LogP contribution in [0, 0.1) is 0 Å². The van der Waals surface area contributed by atoms with Crippen molar-refractivity contribution in [2.45, 2.75) is 19.4 Å². The van der Waals surface area contributed by atoms with Crippen molar-refractivity contribution < 1.29 is 15.0 Å². The van der Waals surface area contributed by atoms with Gasteiger partial charge in [0.1, 0.15) is 6.04 Å². The largest absolute Gasteiger partial charge is 0.480 e. The highest BCUT2D eigenvalue weighted by atomic mass is 16.4. The lowest BCUT2D eigenvalue weighted by Crippen LogP contribution is -2.39. The molecular weight excluding hydrogens is 134 g/mol. The average Bonchev–Trinajstić information content (AvgIpc) is 1.89. The van der Waals surface area contributed by atoms with Gasteiger partial charge in [0, 0.05) is 0 Å². The molecule has 1 unspecified atom stereocenters. The molecule has 3 N–H and O–H groups in total. The first-order valence-electron chi connectivity index (χ1n) is 3.29. The van der Waals surface area contributed by atoms with Gasteiger partial charge in [-0.3, -0.25) is 4.79 Å². The highest BCUT2D eigenvalue weighted by Crippen LogP contribution is 1.82. The number of aliphatic hydroxyl groups excluding tert-OH is 1. The molecule has 0 aromatic heterocycles. The lowest BCUT2D eigenvalue weighted by Gasteiger charge is -2.09. The third kappa shape index (κ3) is 3.42. The lowest BCUT2D eigenvalue weighted by molar-refractivity contribution is -0.140. The zero-order valence-electron chi connectivity index (χ0n) is 6.00. The molecule has 10 heavy (non-hydrogen) atoms. The van der Waals surface area contributed by atoms with Crippen molar-refractivity contribution in [3.63, 3.8) is 0 Å². The highest BCUT2D eigenvalue weighted by molar-refractivity contribution is 5.73. The maximum absolute atomic E-state index is 10.2. The maximum Gasteiger partial charge on any atom is 0.323 e. The van der Waals surface area contributed by atoms with Crippen molar-refractivity contribution in [3.8, 4) is 0 Å². The van der Waals surface area contributed by atoms with Crippen molar-refractivity contribution in [2.75, 3.05) is 13.2 Å². The summed E-state index contributed by atoms with van der Waals surface area (Å²) in [5, 5.41) is 19.5. The Morgan fingerprint density at radius 1 is 1.70 bits per heavy atom. The predicted octanol–water partition coefficient (Wildman–Crippen LogP) is -0.569. The Kier molecular flexibility index (Phi) is 4.88. The minimum Gasteiger partial charge on any atom is -0.480 e. The highest BCUT2D eigenvalue weighted by Gasteiger charge is 2.13. The molecular formula is C6H13NO3. The van der Waals surface area contributed by atoms with E-state index in [2.05, 4.69) is 5.32 Å². The Hall–Kier alpha value is -0.610. The third-order valence-corrected chi connectivity index (χ3v) is 1.12.